The van der Waals surface area contributed by atoms with Crippen LogP contribution in [0.2, 0.25) is 0 Å². The van der Waals surface area contributed by atoms with Crippen LogP contribution in [0.3, 0.4) is 0 Å². The Balaban J connectivity index is 2.20. The van der Waals surface area contributed by atoms with E-state index in [9.17, 15) is 13.2 Å². The molecule has 2 heterocycles. The monoisotopic (exact) mass is 285 g/mol. The van der Waals surface area contributed by atoms with Gasteiger partial charge in [-0.05, 0) is 6.07 Å². The number of aryl methyl sites for hydroxylation is 1. The van der Waals surface area contributed by atoms with Crippen molar-refractivity contribution in [2.75, 3.05) is 0 Å². The molecule has 0 aliphatic rings. The van der Waals surface area contributed by atoms with Crippen molar-refractivity contribution in [2.24, 2.45) is 7.05 Å². The average molecular weight is 285 g/mol. The highest BCUT2D eigenvalue weighted by Crippen LogP contribution is 2.13. The van der Waals surface area contributed by atoms with Crippen molar-refractivity contribution in [3.63, 3.8) is 0 Å². The molecular formula is C10H11N3O5S. The third-order valence-electron chi connectivity index (χ3n) is 2.44. The van der Waals surface area contributed by atoms with E-state index in [1.807, 2.05) is 0 Å². The summed E-state index contributed by atoms with van der Waals surface area (Å²) in [4.78, 5) is 10.7. The average Bonchev–Trinajstić information content (AvgIpc) is 2.95. The molecule has 0 aliphatic carbocycles. The Morgan fingerprint density at radius 1 is 1.58 bits per heavy atom. The summed E-state index contributed by atoms with van der Waals surface area (Å²) in [6.07, 6.45) is 2.56. The first-order valence-corrected chi connectivity index (χ1v) is 6.67. The fourth-order valence-electron chi connectivity index (χ4n) is 1.47. The van der Waals surface area contributed by atoms with Crippen LogP contribution in [0.4, 0.5) is 0 Å². The summed E-state index contributed by atoms with van der Waals surface area (Å²) < 4.78 is 32.0. The Morgan fingerprint density at radius 2 is 2.32 bits per heavy atom. The van der Waals surface area contributed by atoms with Crippen LogP contribution in [0.5, 0.6) is 0 Å². The Kier molecular flexibility index (Phi) is 3.40. The topological polar surface area (TPSA) is 114 Å². The van der Waals surface area contributed by atoms with Crippen molar-refractivity contribution in [2.45, 2.75) is 11.4 Å². The zero-order valence-electron chi connectivity index (χ0n) is 9.90. The largest absolute Gasteiger partial charge is 0.477 e. The summed E-state index contributed by atoms with van der Waals surface area (Å²) in [7, 11) is -2.33. The van der Waals surface area contributed by atoms with Crippen molar-refractivity contribution >= 4 is 16.0 Å². The number of aromatic nitrogens is 2. The molecule has 0 aliphatic heterocycles. The minimum Gasteiger partial charge on any atom is -0.477 e. The van der Waals surface area contributed by atoms with E-state index < -0.39 is 16.0 Å². The molecule has 0 spiro atoms. The first-order chi connectivity index (χ1) is 8.90. The molecule has 2 aromatic heterocycles. The normalized spacial score (nSPS) is 11.6. The van der Waals surface area contributed by atoms with Crippen LogP contribution in [0, 0.1) is 0 Å². The minimum atomic E-state index is -3.79. The maximum Gasteiger partial charge on any atom is 0.352 e. The van der Waals surface area contributed by atoms with Gasteiger partial charge in [0.15, 0.2) is 0 Å². The highest BCUT2D eigenvalue weighted by atomic mass is 32.2. The summed E-state index contributed by atoms with van der Waals surface area (Å²) in [6, 6.07) is 2.61. The third-order valence-corrected chi connectivity index (χ3v) is 3.81. The first kappa shape index (κ1) is 13.3. The van der Waals surface area contributed by atoms with E-state index in [2.05, 4.69) is 14.4 Å². The lowest BCUT2D eigenvalue weighted by atomic mass is 10.4. The van der Waals surface area contributed by atoms with Crippen LogP contribution in [-0.4, -0.2) is 29.2 Å². The minimum absolute atomic E-state index is 0.0316. The maximum absolute atomic E-state index is 11.9. The van der Waals surface area contributed by atoms with Gasteiger partial charge in [-0.3, -0.25) is 0 Å². The number of rotatable bonds is 5. The van der Waals surface area contributed by atoms with E-state index >= 15 is 0 Å². The molecule has 0 amide bonds. The van der Waals surface area contributed by atoms with E-state index in [4.69, 9.17) is 5.11 Å². The molecule has 0 radical (unpaired) electrons. The molecule has 0 aromatic carbocycles. The Bertz CT molecular complexity index is 687. The quantitative estimate of drug-likeness (QED) is 0.810. The van der Waals surface area contributed by atoms with Crippen molar-refractivity contribution in [3.8, 4) is 0 Å². The molecular weight excluding hydrogens is 274 g/mol. The van der Waals surface area contributed by atoms with Crippen molar-refractivity contribution in [3.05, 3.63) is 36.0 Å². The number of nitrogens with zero attached hydrogens (tertiary/aromatic N) is 2. The van der Waals surface area contributed by atoms with Crippen LogP contribution in [0.1, 0.15) is 16.2 Å². The first-order valence-electron chi connectivity index (χ1n) is 5.19. The summed E-state index contributed by atoms with van der Waals surface area (Å²) in [5.74, 6) is -1.19. The smallest absolute Gasteiger partial charge is 0.352 e. The van der Waals surface area contributed by atoms with Gasteiger partial charge in [0.05, 0.1) is 12.2 Å². The molecule has 2 aromatic rings. The number of carboxylic acids is 1. The van der Waals surface area contributed by atoms with E-state index in [-0.39, 0.29) is 17.1 Å². The van der Waals surface area contributed by atoms with E-state index in [1.54, 1.807) is 0 Å². The van der Waals surface area contributed by atoms with Crippen LogP contribution >= 0.6 is 0 Å². The zero-order chi connectivity index (χ0) is 14.0. The highest BCUT2D eigenvalue weighted by Gasteiger charge is 2.20. The van der Waals surface area contributed by atoms with Gasteiger partial charge in [0.1, 0.15) is 16.9 Å². The van der Waals surface area contributed by atoms with Gasteiger partial charge in [0, 0.05) is 19.3 Å². The van der Waals surface area contributed by atoms with E-state index in [1.165, 1.54) is 30.1 Å². The van der Waals surface area contributed by atoms with Gasteiger partial charge in [-0.2, -0.15) is 0 Å². The fourth-order valence-corrected chi connectivity index (χ4v) is 2.54. The number of aromatic carboxylic acids is 1. The van der Waals surface area contributed by atoms with Gasteiger partial charge in [-0.15, -0.1) is 0 Å². The lowest BCUT2D eigenvalue weighted by Gasteiger charge is -2.01. The SMILES string of the molecule is Cn1cc(S(=O)(=O)NCc2ccon2)cc1C(=O)O. The van der Waals surface area contributed by atoms with Crippen LogP contribution in [0.15, 0.2) is 34.0 Å². The van der Waals surface area contributed by atoms with Gasteiger partial charge in [0.2, 0.25) is 10.0 Å². The van der Waals surface area contributed by atoms with E-state index in [0.29, 0.717) is 5.69 Å². The number of sulfonamides is 1. The molecule has 0 unspecified atom stereocenters. The molecule has 0 fully saturated rings. The molecule has 0 atom stereocenters. The highest BCUT2D eigenvalue weighted by molar-refractivity contribution is 7.89. The van der Waals surface area contributed by atoms with Crippen molar-refractivity contribution in [1.82, 2.24) is 14.4 Å². The predicted molar refractivity (Wildman–Crippen MR) is 62.9 cm³/mol. The van der Waals surface area contributed by atoms with Crippen LogP contribution in [-0.2, 0) is 23.6 Å². The van der Waals surface area contributed by atoms with Gasteiger partial charge < -0.3 is 14.2 Å². The number of nitrogens with one attached hydrogen (secondary N) is 1. The van der Waals surface area contributed by atoms with Gasteiger partial charge in [-0.25, -0.2) is 17.9 Å². The van der Waals surface area contributed by atoms with Gasteiger partial charge in [-0.1, -0.05) is 5.16 Å². The predicted octanol–water partition coefficient (Wildman–Crippen LogP) is 0.190. The van der Waals surface area contributed by atoms with E-state index in [0.717, 1.165) is 6.07 Å². The molecule has 8 nitrogen and oxygen atoms in total. The zero-order valence-corrected chi connectivity index (χ0v) is 10.7. The Morgan fingerprint density at radius 3 is 2.84 bits per heavy atom. The van der Waals surface area contributed by atoms with Crippen molar-refractivity contribution in [1.29, 1.82) is 0 Å². The second kappa shape index (κ2) is 4.86. The molecule has 19 heavy (non-hydrogen) atoms. The van der Waals surface area contributed by atoms with Gasteiger partial charge >= 0.3 is 5.97 Å². The molecule has 2 rings (SSSR count). The fraction of sp³-hybridized carbons (Fsp3) is 0.200. The standard InChI is InChI=1S/C10H11N3O5S/c1-13-6-8(4-9(13)10(14)15)19(16,17)11-5-7-2-3-18-12-7/h2-4,6,11H,5H2,1H3,(H,14,15). The molecule has 102 valence electrons. The number of hydrogen-bond donors (Lipinski definition) is 2. The lowest BCUT2D eigenvalue weighted by Crippen LogP contribution is -2.23. The summed E-state index contributed by atoms with van der Waals surface area (Å²) in [5, 5.41) is 12.4. The number of carbonyl (C=O) groups is 1. The molecule has 2 N–H and O–H groups in total. The Labute approximate surface area is 108 Å². The number of hydrogen-bond acceptors (Lipinski definition) is 5. The second-order valence-electron chi connectivity index (χ2n) is 3.79. The molecule has 9 heteroatoms. The van der Waals surface area contributed by atoms with Crippen LogP contribution < -0.4 is 4.72 Å². The second-order valence-corrected chi connectivity index (χ2v) is 5.56. The summed E-state index contributed by atoms with van der Waals surface area (Å²) in [6.45, 7) is -0.0316. The molecule has 0 bridgehead atoms. The lowest BCUT2D eigenvalue weighted by molar-refractivity contribution is 0.0686. The molecule has 0 saturated heterocycles. The van der Waals surface area contributed by atoms with Crippen molar-refractivity contribution < 1.29 is 22.8 Å². The maximum atomic E-state index is 11.9. The molecule has 0 saturated carbocycles. The van der Waals surface area contributed by atoms with Crippen LogP contribution in [0.25, 0.3) is 0 Å². The van der Waals surface area contributed by atoms with Gasteiger partial charge in [0.25, 0.3) is 0 Å². The summed E-state index contributed by atoms with van der Waals surface area (Å²) in [5.41, 5.74) is 0.319. The summed E-state index contributed by atoms with van der Waals surface area (Å²) >= 11 is 0. The third kappa shape index (κ3) is 2.83. The number of carboxylic acid groups (broad SMARTS) is 1. The Hall–Kier alpha value is -2.13.